The van der Waals surface area contributed by atoms with Crippen molar-refractivity contribution in [2.45, 2.75) is 117 Å². The summed E-state index contributed by atoms with van der Waals surface area (Å²) in [5, 5.41) is 34.5. The van der Waals surface area contributed by atoms with Crippen molar-refractivity contribution >= 4 is 45.1 Å². The van der Waals surface area contributed by atoms with Gasteiger partial charge in [0.25, 0.3) is 0 Å². The second-order valence-corrected chi connectivity index (χ2v) is 18.7. The monoisotopic (exact) mass is 825 g/mol. The molecule has 0 aliphatic heterocycles. The molecule has 8 heteroatoms. The van der Waals surface area contributed by atoms with Gasteiger partial charge in [0.05, 0.1) is 23.0 Å². The number of nitrogens with zero attached hydrogens (tertiary/aromatic N) is 1. The minimum Gasteiger partial charge on any atom is -0.481 e. The summed E-state index contributed by atoms with van der Waals surface area (Å²) in [6.45, 7) is 10.5. The van der Waals surface area contributed by atoms with Crippen LogP contribution in [0.3, 0.4) is 0 Å². The molecule has 7 nitrogen and oxygen atoms in total. The van der Waals surface area contributed by atoms with E-state index in [2.05, 4.69) is 68.1 Å². The SMILES string of the molecule is C.CCN(CC)CC.ClCc1cccc2ccccc12.O=C(O)C12CC3CC(C1)C(O)C(C3)C2.O=C(OCc1cccc2ccccc12)C12CC3CC(C1)C(O)C(C3)C2. The number of aliphatic hydroxyl groups is 2. The summed E-state index contributed by atoms with van der Waals surface area (Å²) in [6, 6.07) is 28.9. The molecule has 8 saturated carbocycles. The van der Waals surface area contributed by atoms with Crippen LogP contribution >= 0.6 is 11.6 Å². The maximum absolute atomic E-state index is 13.0. The normalized spacial score (nSPS) is 31.6. The molecule has 8 bridgehead atoms. The number of benzene rings is 4. The van der Waals surface area contributed by atoms with E-state index < -0.39 is 11.4 Å². The number of halogens is 1. The van der Waals surface area contributed by atoms with Gasteiger partial charge < -0.3 is 25.0 Å². The molecule has 0 saturated heterocycles. The van der Waals surface area contributed by atoms with E-state index in [0.29, 0.717) is 36.2 Å². The minimum atomic E-state index is -0.621. The molecule has 4 unspecified atom stereocenters. The van der Waals surface area contributed by atoms with Crippen molar-refractivity contribution in [2.75, 3.05) is 19.6 Å². The fourth-order valence-electron chi connectivity index (χ4n) is 12.3. The number of hydrogen-bond acceptors (Lipinski definition) is 6. The molecule has 8 aliphatic carbocycles. The van der Waals surface area contributed by atoms with Crippen LogP contribution in [-0.2, 0) is 26.8 Å². The molecule has 0 aromatic heterocycles. The van der Waals surface area contributed by atoms with Gasteiger partial charge in [-0.2, -0.15) is 0 Å². The minimum absolute atomic E-state index is 0. The van der Waals surface area contributed by atoms with Crippen LogP contribution in [0.4, 0.5) is 0 Å². The zero-order valence-corrected chi connectivity index (χ0v) is 35.5. The Bertz CT molecular complexity index is 1980. The van der Waals surface area contributed by atoms with E-state index in [0.717, 1.165) is 75.2 Å². The first-order valence-electron chi connectivity index (χ1n) is 22.0. The predicted molar refractivity (Wildman–Crippen MR) is 239 cm³/mol. The van der Waals surface area contributed by atoms with Gasteiger partial charge in [0.2, 0.25) is 0 Å². The third kappa shape index (κ3) is 9.54. The molecule has 0 radical (unpaired) electrons. The van der Waals surface area contributed by atoms with Crippen molar-refractivity contribution < 1.29 is 29.6 Å². The number of ether oxygens (including phenoxy) is 1. The molecule has 320 valence electrons. The third-order valence-corrected chi connectivity index (χ3v) is 15.2. The summed E-state index contributed by atoms with van der Waals surface area (Å²) in [4.78, 5) is 26.7. The van der Waals surface area contributed by atoms with Gasteiger partial charge in [0.1, 0.15) is 6.61 Å². The van der Waals surface area contributed by atoms with Crippen LogP contribution in [0.25, 0.3) is 21.5 Å². The average Bonchev–Trinajstić information content (AvgIpc) is 3.24. The fraction of sp³-hybridized carbons (Fsp3) is 0.569. The quantitative estimate of drug-likeness (QED) is 0.120. The smallest absolute Gasteiger partial charge is 0.312 e. The first-order valence-corrected chi connectivity index (χ1v) is 22.5. The van der Waals surface area contributed by atoms with Crippen LogP contribution in [0.15, 0.2) is 84.9 Å². The Morgan fingerprint density at radius 2 is 1.03 bits per heavy atom. The topological polar surface area (TPSA) is 107 Å². The van der Waals surface area contributed by atoms with E-state index >= 15 is 0 Å². The maximum Gasteiger partial charge on any atom is 0.312 e. The highest BCUT2D eigenvalue weighted by molar-refractivity contribution is 6.18. The number of carboxylic acids is 1. The number of rotatable bonds is 8. The molecule has 8 fully saturated rings. The Morgan fingerprint density at radius 3 is 1.47 bits per heavy atom. The number of carboxylic acid groups (broad SMARTS) is 1. The highest BCUT2D eigenvalue weighted by atomic mass is 35.5. The lowest BCUT2D eigenvalue weighted by Crippen LogP contribution is -2.56. The van der Waals surface area contributed by atoms with Gasteiger partial charge in [-0.25, -0.2) is 0 Å². The number of esters is 1. The summed E-state index contributed by atoms with van der Waals surface area (Å²) in [7, 11) is 0. The molecule has 12 rings (SSSR count). The lowest BCUT2D eigenvalue weighted by atomic mass is 9.48. The van der Waals surface area contributed by atoms with Crippen LogP contribution in [0, 0.1) is 46.3 Å². The Labute approximate surface area is 357 Å². The molecule has 3 N–H and O–H groups in total. The number of fused-ring (bicyclic) bond motifs is 2. The first kappa shape index (κ1) is 45.0. The number of aliphatic hydroxyl groups excluding tert-OH is 2. The van der Waals surface area contributed by atoms with Crippen LogP contribution in [0.5, 0.6) is 0 Å². The summed E-state index contributed by atoms with van der Waals surface area (Å²) in [5.41, 5.74) is 1.47. The van der Waals surface area contributed by atoms with E-state index in [1.807, 2.05) is 42.5 Å². The zero-order chi connectivity index (χ0) is 41.0. The lowest BCUT2D eigenvalue weighted by molar-refractivity contribution is -0.185. The summed E-state index contributed by atoms with van der Waals surface area (Å²) < 4.78 is 5.84. The van der Waals surface area contributed by atoms with Crippen molar-refractivity contribution in [1.29, 1.82) is 0 Å². The fourth-order valence-corrected chi connectivity index (χ4v) is 12.5. The van der Waals surface area contributed by atoms with Crippen molar-refractivity contribution in [2.24, 2.45) is 46.3 Å². The number of hydrogen-bond donors (Lipinski definition) is 3. The number of carbonyl (C=O) groups is 2. The second kappa shape index (κ2) is 19.5. The molecule has 0 amide bonds. The first-order chi connectivity index (χ1) is 28.0. The van der Waals surface area contributed by atoms with Crippen LogP contribution in [0.1, 0.15) is 104 Å². The molecule has 8 aliphatic rings. The highest BCUT2D eigenvalue weighted by Crippen LogP contribution is 2.61. The molecular weight excluding hydrogens is 758 g/mol. The molecule has 4 aromatic rings. The maximum atomic E-state index is 13.0. The second-order valence-electron chi connectivity index (χ2n) is 18.4. The number of carbonyl (C=O) groups excluding carboxylic acids is 1. The largest absolute Gasteiger partial charge is 0.481 e. The van der Waals surface area contributed by atoms with E-state index in [9.17, 15) is 24.9 Å². The molecule has 0 heterocycles. The van der Waals surface area contributed by atoms with Gasteiger partial charge in [-0.3, -0.25) is 9.59 Å². The molecule has 0 spiro atoms. The van der Waals surface area contributed by atoms with Crippen molar-refractivity contribution in [3.63, 3.8) is 0 Å². The zero-order valence-electron chi connectivity index (χ0n) is 34.7. The predicted octanol–water partition coefficient (Wildman–Crippen LogP) is 10.9. The van der Waals surface area contributed by atoms with Crippen molar-refractivity contribution in [1.82, 2.24) is 4.90 Å². The molecule has 59 heavy (non-hydrogen) atoms. The number of alkyl halides is 1. The van der Waals surface area contributed by atoms with E-state index in [1.54, 1.807) is 0 Å². The van der Waals surface area contributed by atoms with Gasteiger partial charge in [0.15, 0.2) is 0 Å². The third-order valence-electron chi connectivity index (χ3n) is 14.9. The van der Waals surface area contributed by atoms with Gasteiger partial charge >= 0.3 is 11.9 Å². The highest BCUT2D eigenvalue weighted by Gasteiger charge is 2.59. The van der Waals surface area contributed by atoms with Gasteiger partial charge in [-0.05, 0) is 152 Å². The molecule has 4 atom stereocenters. The Kier molecular flexibility index (Phi) is 14.9. The Balaban J connectivity index is 0.000000146. The van der Waals surface area contributed by atoms with E-state index in [1.165, 1.54) is 41.4 Å². The average molecular weight is 827 g/mol. The van der Waals surface area contributed by atoms with Gasteiger partial charge in [-0.15, -0.1) is 11.6 Å². The van der Waals surface area contributed by atoms with Crippen LogP contribution in [0.2, 0.25) is 0 Å². The van der Waals surface area contributed by atoms with Crippen LogP contribution in [-0.4, -0.2) is 64.0 Å². The molecular formula is C51H68ClNO6. The van der Waals surface area contributed by atoms with E-state index in [-0.39, 0.29) is 42.9 Å². The standard InChI is InChI=1S/C22H24O3.C11H9Cl.C11H16O3.C6H15N.CH4/c23-20-17-8-14-9-18(20)12-22(10-14,11-17)21(24)25-13-16-6-3-5-15-4-1-2-7-19(15)16;12-8-10-6-3-5-9-4-1-2-7-11(9)10;12-9-7-1-6-2-8(9)5-11(3-6,4-7)10(13)14;1-4-7(5-2)6-3;/h1-7,14,17-18,20,23H,8-13H2;1-7H,8H2;6-9,12H,1-5H2,(H,13,14);4-6H2,1-3H3;1H4. The van der Waals surface area contributed by atoms with Crippen molar-refractivity contribution in [3.05, 3.63) is 96.1 Å². The van der Waals surface area contributed by atoms with Gasteiger partial charge in [0, 0.05) is 5.88 Å². The number of aliphatic carboxylic acids is 1. The van der Waals surface area contributed by atoms with Gasteiger partial charge in [-0.1, -0.05) is 113 Å². The van der Waals surface area contributed by atoms with Crippen molar-refractivity contribution in [3.8, 4) is 0 Å². The lowest BCUT2D eigenvalue weighted by Gasteiger charge is -2.57. The summed E-state index contributed by atoms with van der Waals surface area (Å²) in [5.74, 6) is 2.26. The summed E-state index contributed by atoms with van der Waals surface area (Å²) >= 11 is 5.81. The van der Waals surface area contributed by atoms with E-state index in [4.69, 9.17) is 16.3 Å². The Morgan fingerprint density at radius 1 is 0.627 bits per heavy atom. The molecule has 4 aromatic carbocycles. The summed E-state index contributed by atoms with van der Waals surface area (Å²) in [6.07, 6.45) is 8.79. The Hall–Kier alpha value is -3.49. The van der Waals surface area contributed by atoms with Crippen LogP contribution < -0.4 is 0 Å².